The molecule has 0 fully saturated rings. The Hall–Kier alpha value is -0.580. The molecule has 5 heteroatoms. The summed E-state index contributed by atoms with van der Waals surface area (Å²) in [4.78, 5) is 0. The monoisotopic (exact) mass is 273 g/mol. The van der Waals surface area contributed by atoms with Crippen LogP contribution in [-0.4, -0.2) is 35.1 Å². The van der Waals surface area contributed by atoms with E-state index >= 15 is 0 Å². The van der Waals surface area contributed by atoms with Crippen LogP contribution in [0.4, 0.5) is 0 Å². The number of likely N-dealkylation sites (N-methyl/N-ethyl adjacent to an activating group) is 1. The van der Waals surface area contributed by atoms with Crippen molar-refractivity contribution < 1.29 is 4.74 Å². The van der Waals surface area contributed by atoms with Crippen LogP contribution in [-0.2, 0) is 18.2 Å². The fourth-order valence-corrected chi connectivity index (χ4v) is 1.97. The van der Waals surface area contributed by atoms with E-state index in [0.29, 0.717) is 6.61 Å². The van der Waals surface area contributed by atoms with Gasteiger partial charge in [-0.1, -0.05) is 11.6 Å². The molecule has 1 rings (SSSR count). The third-order valence-electron chi connectivity index (χ3n) is 2.83. The van der Waals surface area contributed by atoms with E-state index in [1.807, 2.05) is 25.7 Å². The third kappa shape index (κ3) is 4.26. The lowest BCUT2D eigenvalue weighted by atomic mass is 10.1. The second-order valence-electron chi connectivity index (χ2n) is 5.58. The van der Waals surface area contributed by atoms with Gasteiger partial charge in [0, 0.05) is 19.5 Å². The van der Waals surface area contributed by atoms with Gasteiger partial charge in [0.2, 0.25) is 0 Å². The van der Waals surface area contributed by atoms with Crippen molar-refractivity contribution >= 4 is 11.6 Å². The Labute approximate surface area is 115 Å². The van der Waals surface area contributed by atoms with E-state index in [1.54, 1.807) is 0 Å². The number of nitrogens with zero attached hydrogens (tertiary/aromatic N) is 2. The largest absolute Gasteiger partial charge is 0.374 e. The maximum Gasteiger partial charge on any atom is 0.0847 e. The van der Waals surface area contributed by atoms with Gasteiger partial charge >= 0.3 is 0 Å². The summed E-state index contributed by atoms with van der Waals surface area (Å²) in [5, 5.41) is 8.34. The average molecular weight is 274 g/mol. The zero-order chi connectivity index (χ0) is 13.9. The fourth-order valence-electron chi connectivity index (χ4n) is 1.73. The van der Waals surface area contributed by atoms with E-state index in [4.69, 9.17) is 16.3 Å². The first kappa shape index (κ1) is 15.5. The number of nitrogens with one attached hydrogen (secondary N) is 1. The van der Waals surface area contributed by atoms with E-state index in [-0.39, 0.29) is 11.6 Å². The molecule has 0 bridgehead atoms. The van der Waals surface area contributed by atoms with Crippen molar-refractivity contribution in [2.75, 3.05) is 13.7 Å². The van der Waals surface area contributed by atoms with Gasteiger partial charge in [-0.2, -0.15) is 5.10 Å². The number of hydrogen-bond donors (Lipinski definition) is 1. The molecule has 0 aliphatic rings. The molecule has 1 atom stereocenters. The van der Waals surface area contributed by atoms with Crippen LogP contribution in [0.5, 0.6) is 0 Å². The number of aryl methyl sites for hydroxylation is 2. The van der Waals surface area contributed by atoms with Crippen molar-refractivity contribution in [2.24, 2.45) is 7.05 Å². The lowest BCUT2D eigenvalue weighted by Gasteiger charge is -2.24. The van der Waals surface area contributed by atoms with Crippen LogP contribution in [0.1, 0.15) is 32.2 Å². The second kappa shape index (κ2) is 6.04. The van der Waals surface area contributed by atoms with Crippen molar-refractivity contribution in [2.45, 2.75) is 45.8 Å². The number of ether oxygens (including phenoxy) is 1. The van der Waals surface area contributed by atoms with Gasteiger partial charge in [-0.15, -0.1) is 0 Å². The number of aromatic nitrogens is 2. The first-order valence-corrected chi connectivity index (χ1v) is 6.61. The van der Waals surface area contributed by atoms with Crippen LogP contribution in [0.3, 0.4) is 0 Å². The van der Waals surface area contributed by atoms with Gasteiger partial charge in [0.25, 0.3) is 0 Å². The van der Waals surface area contributed by atoms with Gasteiger partial charge < -0.3 is 10.1 Å². The quantitative estimate of drug-likeness (QED) is 0.895. The van der Waals surface area contributed by atoms with Crippen molar-refractivity contribution in [3.63, 3.8) is 0 Å². The summed E-state index contributed by atoms with van der Waals surface area (Å²) in [6.07, 6.45) is 0.808. The Kier molecular flexibility index (Phi) is 5.20. The van der Waals surface area contributed by atoms with Gasteiger partial charge in [0.05, 0.1) is 28.6 Å². The molecule has 1 aromatic heterocycles. The second-order valence-corrected chi connectivity index (χ2v) is 5.96. The molecule has 0 aliphatic carbocycles. The molecule has 1 aromatic rings. The van der Waals surface area contributed by atoms with Crippen molar-refractivity contribution in [3.05, 3.63) is 16.4 Å². The Morgan fingerprint density at radius 2 is 2.06 bits per heavy atom. The minimum atomic E-state index is -0.124. The molecule has 1 unspecified atom stereocenters. The molecule has 104 valence electrons. The predicted octanol–water partition coefficient (Wildman–Crippen LogP) is 2.33. The predicted molar refractivity (Wildman–Crippen MR) is 75.2 cm³/mol. The lowest BCUT2D eigenvalue weighted by molar-refractivity contribution is -0.0136. The molecule has 1 heterocycles. The molecule has 0 aromatic carbocycles. The number of hydrogen-bond acceptors (Lipinski definition) is 3. The first-order valence-electron chi connectivity index (χ1n) is 6.23. The Balaban J connectivity index is 2.68. The van der Waals surface area contributed by atoms with E-state index < -0.39 is 0 Å². The summed E-state index contributed by atoms with van der Waals surface area (Å²) >= 11 is 6.25. The molecule has 0 amide bonds. The van der Waals surface area contributed by atoms with Crippen molar-refractivity contribution in [3.8, 4) is 0 Å². The lowest BCUT2D eigenvalue weighted by Crippen LogP contribution is -2.36. The summed E-state index contributed by atoms with van der Waals surface area (Å²) in [5.74, 6) is 0. The zero-order valence-electron chi connectivity index (χ0n) is 12.2. The highest BCUT2D eigenvalue weighted by Crippen LogP contribution is 2.21. The molecule has 1 N–H and O–H groups in total. The molecule has 0 radical (unpaired) electrons. The van der Waals surface area contributed by atoms with E-state index in [1.165, 1.54) is 0 Å². The summed E-state index contributed by atoms with van der Waals surface area (Å²) in [5.41, 5.74) is 1.80. The Morgan fingerprint density at radius 3 is 2.44 bits per heavy atom. The summed E-state index contributed by atoms with van der Waals surface area (Å²) < 4.78 is 7.65. The van der Waals surface area contributed by atoms with Crippen molar-refractivity contribution in [1.29, 1.82) is 0 Å². The van der Waals surface area contributed by atoms with Crippen LogP contribution in [0, 0.1) is 6.92 Å². The smallest absolute Gasteiger partial charge is 0.0847 e. The molecular formula is C13H24ClN3O. The summed E-state index contributed by atoms with van der Waals surface area (Å²) in [6.45, 7) is 8.75. The highest BCUT2D eigenvalue weighted by molar-refractivity contribution is 6.31. The third-order valence-corrected chi connectivity index (χ3v) is 3.32. The maximum atomic E-state index is 6.25. The molecular weight excluding hydrogens is 250 g/mol. The van der Waals surface area contributed by atoms with Gasteiger partial charge in [-0.3, -0.25) is 4.68 Å². The Morgan fingerprint density at radius 1 is 1.44 bits per heavy atom. The standard InChI is InChI=1S/C13H24ClN3O/c1-9-12(14)11(17(6)16-9)7-10(15-5)8-18-13(2,3)4/h10,15H,7-8H2,1-6H3. The van der Waals surface area contributed by atoms with Crippen molar-refractivity contribution in [1.82, 2.24) is 15.1 Å². The normalized spacial score (nSPS) is 13.9. The van der Waals surface area contributed by atoms with Crippen LogP contribution < -0.4 is 5.32 Å². The molecule has 0 saturated heterocycles. The molecule has 4 nitrogen and oxygen atoms in total. The maximum absolute atomic E-state index is 6.25. The molecule has 18 heavy (non-hydrogen) atoms. The topological polar surface area (TPSA) is 39.1 Å². The van der Waals surface area contributed by atoms with E-state index in [0.717, 1.165) is 22.8 Å². The minimum Gasteiger partial charge on any atom is -0.374 e. The number of halogens is 1. The summed E-state index contributed by atoms with van der Waals surface area (Å²) in [7, 11) is 3.86. The zero-order valence-corrected chi connectivity index (χ0v) is 12.9. The average Bonchev–Trinajstić information content (AvgIpc) is 2.48. The minimum absolute atomic E-state index is 0.124. The summed E-state index contributed by atoms with van der Waals surface area (Å²) in [6, 6.07) is 0.233. The Bertz CT molecular complexity index is 396. The fraction of sp³-hybridized carbons (Fsp3) is 0.769. The van der Waals surface area contributed by atoms with Gasteiger partial charge in [0.1, 0.15) is 0 Å². The van der Waals surface area contributed by atoms with Gasteiger partial charge in [0.15, 0.2) is 0 Å². The van der Waals surface area contributed by atoms with Crippen LogP contribution in [0.15, 0.2) is 0 Å². The van der Waals surface area contributed by atoms with Crippen LogP contribution in [0.2, 0.25) is 5.02 Å². The first-order chi connectivity index (χ1) is 8.24. The molecule has 0 saturated carbocycles. The molecule has 0 aliphatic heterocycles. The highest BCUT2D eigenvalue weighted by atomic mass is 35.5. The SMILES string of the molecule is CNC(COC(C)(C)C)Cc1c(Cl)c(C)nn1C. The van der Waals surface area contributed by atoms with Crippen LogP contribution in [0.25, 0.3) is 0 Å². The van der Waals surface area contributed by atoms with Crippen LogP contribution >= 0.6 is 11.6 Å². The van der Waals surface area contributed by atoms with E-state index in [9.17, 15) is 0 Å². The van der Waals surface area contributed by atoms with Gasteiger partial charge in [-0.05, 0) is 34.7 Å². The van der Waals surface area contributed by atoms with E-state index in [2.05, 4.69) is 31.2 Å². The highest BCUT2D eigenvalue weighted by Gasteiger charge is 2.18. The molecule has 0 spiro atoms. The number of rotatable bonds is 5. The van der Waals surface area contributed by atoms with Gasteiger partial charge in [-0.25, -0.2) is 0 Å².